The second-order valence-electron chi connectivity index (χ2n) is 6.05. The Bertz CT molecular complexity index is 665. The molecule has 0 aliphatic heterocycles. The van der Waals surface area contributed by atoms with Gasteiger partial charge in [0.25, 0.3) is 0 Å². The molecule has 4 aliphatic carbocycles. The summed E-state index contributed by atoms with van der Waals surface area (Å²) in [5, 5.41) is 0. The highest BCUT2D eigenvalue weighted by Crippen LogP contribution is 2.57. The molecule has 0 amide bonds. The second-order valence-corrected chi connectivity index (χ2v) is 6.05. The normalized spacial score (nSPS) is 25.2. The molecule has 0 radical (unpaired) electrons. The largest absolute Gasteiger partial charge is 0.0841 e. The topological polar surface area (TPSA) is 0 Å². The van der Waals surface area contributed by atoms with Crippen LogP contribution in [0.15, 0.2) is 71.8 Å². The van der Waals surface area contributed by atoms with Crippen molar-refractivity contribution in [2.24, 2.45) is 0 Å². The van der Waals surface area contributed by atoms with Crippen LogP contribution in [0.2, 0.25) is 0 Å². The molecule has 2 aromatic rings. The first kappa shape index (κ1) is 10.7. The van der Waals surface area contributed by atoms with Crippen LogP contribution in [0.1, 0.15) is 46.9 Å². The highest BCUT2D eigenvalue weighted by atomic mass is 14.4. The van der Waals surface area contributed by atoms with E-state index in [2.05, 4.69) is 60.7 Å². The van der Waals surface area contributed by atoms with E-state index in [4.69, 9.17) is 0 Å². The molecule has 0 unspecified atom stereocenters. The molecule has 2 aromatic carbocycles. The van der Waals surface area contributed by atoms with Crippen molar-refractivity contribution in [2.45, 2.75) is 24.7 Å². The molecule has 20 heavy (non-hydrogen) atoms. The van der Waals surface area contributed by atoms with E-state index in [-0.39, 0.29) is 0 Å². The fourth-order valence-corrected chi connectivity index (χ4v) is 4.45. The molecular weight excluding hydrogens is 240 g/mol. The Morgan fingerprint density at radius 1 is 0.550 bits per heavy atom. The van der Waals surface area contributed by atoms with E-state index in [1.165, 1.54) is 0 Å². The number of hydrogen-bond donors (Lipinski definition) is 0. The highest BCUT2D eigenvalue weighted by molar-refractivity contribution is 5.66. The van der Waals surface area contributed by atoms with Gasteiger partial charge < -0.3 is 0 Å². The van der Waals surface area contributed by atoms with E-state index in [0.29, 0.717) is 11.8 Å². The van der Waals surface area contributed by atoms with Crippen molar-refractivity contribution in [3.8, 4) is 0 Å². The molecule has 6 rings (SSSR count). The Morgan fingerprint density at radius 3 is 1.25 bits per heavy atom. The Morgan fingerprint density at radius 2 is 0.900 bits per heavy atom. The predicted molar refractivity (Wildman–Crippen MR) is 82.0 cm³/mol. The maximum absolute atomic E-state index is 2.35. The summed E-state index contributed by atoms with van der Waals surface area (Å²) in [7, 11) is 0. The van der Waals surface area contributed by atoms with Crippen molar-refractivity contribution in [2.75, 3.05) is 0 Å². The summed E-state index contributed by atoms with van der Waals surface area (Å²) in [4.78, 5) is 0. The van der Waals surface area contributed by atoms with Crippen molar-refractivity contribution in [1.29, 1.82) is 0 Å². The number of allylic oxidation sites excluding steroid dienone is 4. The van der Waals surface area contributed by atoms with Crippen molar-refractivity contribution >= 4 is 0 Å². The average molecular weight is 256 g/mol. The van der Waals surface area contributed by atoms with Crippen LogP contribution in [0, 0.1) is 0 Å². The van der Waals surface area contributed by atoms with Gasteiger partial charge in [-0.3, -0.25) is 0 Å². The first-order valence-electron chi connectivity index (χ1n) is 7.49. The zero-order chi connectivity index (χ0) is 13.1. The molecule has 0 aromatic heterocycles. The van der Waals surface area contributed by atoms with E-state index < -0.39 is 0 Å². The van der Waals surface area contributed by atoms with Crippen LogP contribution >= 0.6 is 0 Å². The molecule has 0 spiro atoms. The molecule has 0 heterocycles. The van der Waals surface area contributed by atoms with Gasteiger partial charge in [0.05, 0.1) is 0 Å². The van der Waals surface area contributed by atoms with Gasteiger partial charge in [-0.05, 0) is 35.1 Å². The second kappa shape index (κ2) is 3.73. The van der Waals surface area contributed by atoms with Crippen molar-refractivity contribution in [3.63, 3.8) is 0 Å². The van der Waals surface area contributed by atoms with Crippen LogP contribution < -0.4 is 0 Å². The molecule has 0 heteroatoms. The van der Waals surface area contributed by atoms with Crippen molar-refractivity contribution in [1.82, 2.24) is 0 Å². The van der Waals surface area contributed by atoms with Gasteiger partial charge in [-0.15, -0.1) is 0 Å². The minimum Gasteiger partial charge on any atom is -0.0841 e. The van der Waals surface area contributed by atoms with Crippen molar-refractivity contribution in [3.05, 3.63) is 94.1 Å². The summed E-state index contributed by atoms with van der Waals surface area (Å²) < 4.78 is 0. The first-order chi connectivity index (χ1) is 9.95. The maximum Gasteiger partial charge on any atom is 0.0311 e. The number of hydrogen-bond acceptors (Lipinski definition) is 0. The fourth-order valence-electron chi connectivity index (χ4n) is 4.45. The van der Waals surface area contributed by atoms with Gasteiger partial charge in [0.15, 0.2) is 0 Å². The van der Waals surface area contributed by atoms with Gasteiger partial charge in [0, 0.05) is 11.8 Å². The monoisotopic (exact) mass is 256 g/mol. The van der Waals surface area contributed by atoms with Gasteiger partial charge in [0.2, 0.25) is 0 Å². The lowest BCUT2D eigenvalue weighted by Crippen LogP contribution is -2.28. The van der Waals surface area contributed by atoms with E-state index >= 15 is 0 Å². The van der Waals surface area contributed by atoms with Crippen LogP contribution in [0.5, 0.6) is 0 Å². The lowest BCUT2D eigenvalue weighted by molar-refractivity contribution is 0.689. The van der Waals surface area contributed by atoms with Crippen LogP contribution in [-0.4, -0.2) is 0 Å². The Labute approximate surface area is 119 Å². The summed E-state index contributed by atoms with van der Waals surface area (Å²) in [5.41, 5.74) is 9.54. The van der Waals surface area contributed by atoms with Crippen molar-refractivity contribution < 1.29 is 0 Å². The molecule has 0 N–H and O–H groups in total. The third kappa shape index (κ3) is 1.17. The predicted octanol–water partition coefficient (Wildman–Crippen LogP) is 4.92. The smallest absolute Gasteiger partial charge is 0.0311 e. The van der Waals surface area contributed by atoms with Crippen LogP contribution in [0.3, 0.4) is 0 Å². The number of rotatable bonds is 0. The quantitative estimate of drug-likeness (QED) is 0.587. The molecule has 2 bridgehead atoms. The van der Waals surface area contributed by atoms with Gasteiger partial charge in [-0.2, -0.15) is 0 Å². The van der Waals surface area contributed by atoms with E-state index in [0.717, 1.165) is 12.8 Å². The zero-order valence-electron chi connectivity index (χ0n) is 11.3. The fraction of sp³-hybridized carbons (Fsp3) is 0.200. The van der Waals surface area contributed by atoms with Crippen LogP contribution in [-0.2, 0) is 0 Å². The van der Waals surface area contributed by atoms with E-state index in [9.17, 15) is 0 Å². The third-order valence-electron chi connectivity index (χ3n) is 5.19. The molecule has 0 saturated heterocycles. The molecular formula is C20H16. The zero-order valence-corrected chi connectivity index (χ0v) is 11.3. The van der Waals surface area contributed by atoms with E-state index in [1.54, 1.807) is 33.4 Å². The summed E-state index contributed by atoms with van der Waals surface area (Å²) in [6, 6.07) is 18.1. The Balaban J connectivity index is 1.86. The molecule has 0 atom stereocenters. The lowest BCUT2D eigenvalue weighted by atomic mass is 9.59. The van der Waals surface area contributed by atoms with E-state index in [1.807, 2.05) is 0 Å². The SMILES string of the molecule is C1=CCC2=C(C1)C1c3ccccc3C2c2ccccc21. The molecule has 96 valence electrons. The molecule has 0 fully saturated rings. The first-order valence-corrected chi connectivity index (χ1v) is 7.49. The summed E-state index contributed by atoms with van der Waals surface area (Å²) in [6.07, 6.45) is 6.98. The summed E-state index contributed by atoms with van der Waals surface area (Å²) in [6.45, 7) is 0. The molecule has 4 aliphatic rings. The summed E-state index contributed by atoms with van der Waals surface area (Å²) in [5.74, 6) is 1.01. The van der Waals surface area contributed by atoms with Gasteiger partial charge >= 0.3 is 0 Å². The Kier molecular flexibility index (Phi) is 1.99. The highest BCUT2D eigenvalue weighted by Gasteiger charge is 2.41. The maximum atomic E-state index is 2.35. The van der Waals surface area contributed by atoms with Gasteiger partial charge in [-0.1, -0.05) is 71.8 Å². The van der Waals surface area contributed by atoms with Gasteiger partial charge in [-0.25, -0.2) is 0 Å². The lowest BCUT2D eigenvalue weighted by Gasteiger charge is -2.44. The average Bonchev–Trinajstić information content (AvgIpc) is 2.54. The number of benzene rings is 2. The Hall–Kier alpha value is -2.08. The molecule has 0 saturated carbocycles. The van der Waals surface area contributed by atoms with Crippen LogP contribution in [0.25, 0.3) is 0 Å². The standard InChI is InChI=1S/C20H16/c1-2-8-14-13(7-1)19-15-9-3-5-11-17(15)20(14)18-12-6-4-10-16(18)19/h1-9,11,19-20H,10,12H2. The summed E-state index contributed by atoms with van der Waals surface area (Å²) >= 11 is 0. The minimum absolute atomic E-state index is 0.507. The van der Waals surface area contributed by atoms with Crippen LogP contribution in [0.4, 0.5) is 0 Å². The third-order valence-corrected chi connectivity index (χ3v) is 5.19. The minimum atomic E-state index is 0.507. The molecule has 0 nitrogen and oxygen atoms in total. The van der Waals surface area contributed by atoms with Gasteiger partial charge in [0.1, 0.15) is 0 Å².